The van der Waals surface area contributed by atoms with Crippen LogP contribution >= 0.6 is 0 Å². The van der Waals surface area contributed by atoms with Crippen molar-refractivity contribution in [3.8, 4) is 5.88 Å². The molecule has 1 rings (SSSR count). The van der Waals surface area contributed by atoms with E-state index in [0.717, 1.165) is 0 Å². The van der Waals surface area contributed by atoms with Gasteiger partial charge in [0.2, 0.25) is 5.88 Å². The van der Waals surface area contributed by atoms with Gasteiger partial charge < -0.3 is 4.74 Å². The normalized spacial score (nSPS) is 9.09. The maximum atomic E-state index is 10.5. The molecule has 0 radical (unpaired) electrons. The van der Waals surface area contributed by atoms with Crippen LogP contribution in [0.1, 0.15) is 0 Å². The fourth-order valence-corrected chi connectivity index (χ4v) is 0.556. The molecular formula is C7H8N2O2. The largest absolute Gasteiger partial charge is 0.472 e. The third-order valence-electron chi connectivity index (χ3n) is 1.00. The van der Waals surface area contributed by atoms with Crippen LogP contribution in [0.4, 0.5) is 0 Å². The van der Waals surface area contributed by atoms with Crippen LogP contribution in [0, 0.1) is 0 Å². The number of aromatic nitrogens is 2. The van der Waals surface area contributed by atoms with Gasteiger partial charge in [0.15, 0.2) is 0 Å². The van der Waals surface area contributed by atoms with Crippen LogP contribution in [0.5, 0.6) is 5.88 Å². The number of ether oxygens (including phenoxy) is 1. The molecular weight excluding hydrogens is 144 g/mol. The second-order valence-electron chi connectivity index (χ2n) is 1.86. The Morgan fingerprint density at radius 1 is 1.73 bits per heavy atom. The predicted octanol–water partition coefficient (Wildman–Crippen LogP) is 0.335. The van der Waals surface area contributed by atoms with Gasteiger partial charge in [-0.1, -0.05) is 12.7 Å². The van der Waals surface area contributed by atoms with Gasteiger partial charge in [-0.3, -0.25) is 4.79 Å². The van der Waals surface area contributed by atoms with Gasteiger partial charge in [0, 0.05) is 12.1 Å². The highest BCUT2D eigenvalue weighted by atomic mass is 16.5. The molecule has 0 saturated heterocycles. The summed E-state index contributed by atoms with van der Waals surface area (Å²) < 4.78 is 5.01. The minimum absolute atomic E-state index is 0.240. The summed E-state index contributed by atoms with van der Waals surface area (Å²) in [6.07, 6.45) is 1.60. The highest BCUT2D eigenvalue weighted by Gasteiger charge is 1.90. The first-order valence-corrected chi connectivity index (χ1v) is 3.12. The third-order valence-corrected chi connectivity index (χ3v) is 1.00. The lowest BCUT2D eigenvalue weighted by Crippen LogP contribution is -2.07. The molecule has 58 valence electrons. The highest BCUT2D eigenvalue weighted by molar-refractivity contribution is 5.05. The van der Waals surface area contributed by atoms with Crippen molar-refractivity contribution in [3.05, 3.63) is 35.1 Å². The average molecular weight is 152 g/mol. The van der Waals surface area contributed by atoms with Gasteiger partial charge in [0.05, 0.1) is 0 Å². The smallest absolute Gasteiger partial charge is 0.264 e. The summed E-state index contributed by atoms with van der Waals surface area (Å²) in [5, 5.41) is 5.85. The van der Waals surface area contributed by atoms with Crippen molar-refractivity contribution < 1.29 is 4.74 Å². The third kappa shape index (κ3) is 2.25. The summed E-state index contributed by atoms with van der Waals surface area (Å²) in [6, 6.07) is 2.85. The molecule has 0 atom stereocenters. The van der Waals surface area contributed by atoms with Crippen LogP contribution in [0.3, 0.4) is 0 Å². The Kier molecular flexibility index (Phi) is 2.43. The van der Waals surface area contributed by atoms with Crippen LogP contribution in [0.15, 0.2) is 29.6 Å². The Morgan fingerprint density at radius 3 is 3.09 bits per heavy atom. The molecule has 0 spiro atoms. The second kappa shape index (κ2) is 3.55. The van der Waals surface area contributed by atoms with E-state index in [4.69, 9.17) is 4.74 Å². The number of rotatable bonds is 3. The zero-order valence-electron chi connectivity index (χ0n) is 5.91. The summed E-state index contributed by atoms with van der Waals surface area (Å²) in [5.74, 6) is 0.393. The Labute approximate surface area is 63.5 Å². The zero-order chi connectivity index (χ0) is 8.10. The lowest BCUT2D eigenvalue weighted by molar-refractivity contribution is 0.343. The molecule has 0 fully saturated rings. The maximum absolute atomic E-state index is 10.5. The van der Waals surface area contributed by atoms with E-state index in [-0.39, 0.29) is 5.56 Å². The molecule has 0 aliphatic rings. The molecule has 0 unspecified atom stereocenters. The van der Waals surface area contributed by atoms with Gasteiger partial charge in [0.1, 0.15) is 6.61 Å². The topological polar surface area (TPSA) is 55.0 Å². The number of hydrogen-bond acceptors (Lipinski definition) is 3. The quantitative estimate of drug-likeness (QED) is 0.635. The molecule has 1 aromatic rings. The lowest BCUT2D eigenvalue weighted by Gasteiger charge is -1.98. The van der Waals surface area contributed by atoms with Crippen molar-refractivity contribution >= 4 is 0 Å². The van der Waals surface area contributed by atoms with E-state index in [1.165, 1.54) is 12.1 Å². The van der Waals surface area contributed by atoms with Crippen LogP contribution in [0.2, 0.25) is 0 Å². The molecule has 4 heteroatoms. The average Bonchev–Trinajstić information content (AvgIpc) is 2.04. The number of nitrogens with one attached hydrogen (secondary N) is 1. The monoisotopic (exact) mass is 152 g/mol. The van der Waals surface area contributed by atoms with Crippen LogP contribution < -0.4 is 10.3 Å². The molecule has 0 aliphatic heterocycles. The van der Waals surface area contributed by atoms with E-state index in [0.29, 0.717) is 12.5 Å². The van der Waals surface area contributed by atoms with Crippen molar-refractivity contribution in [3.63, 3.8) is 0 Å². The first-order chi connectivity index (χ1) is 5.33. The fourth-order valence-electron chi connectivity index (χ4n) is 0.556. The van der Waals surface area contributed by atoms with Crippen molar-refractivity contribution in [1.29, 1.82) is 0 Å². The van der Waals surface area contributed by atoms with Crippen LogP contribution in [-0.4, -0.2) is 16.8 Å². The van der Waals surface area contributed by atoms with Gasteiger partial charge in [-0.25, -0.2) is 5.10 Å². The van der Waals surface area contributed by atoms with Crippen molar-refractivity contribution in [2.24, 2.45) is 0 Å². The van der Waals surface area contributed by atoms with Crippen LogP contribution in [-0.2, 0) is 0 Å². The first kappa shape index (κ1) is 7.53. The molecule has 0 saturated carbocycles. The van der Waals surface area contributed by atoms with Crippen molar-refractivity contribution in [2.75, 3.05) is 6.61 Å². The van der Waals surface area contributed by atoms with E-state index < -0.39 is 0 Å². The Balaban J connectivity index is 2.66. The Morgan fingerprint density at radius 2 is 2.55 bits per heavy atom. The Hall–Kier alpha value is -1.58. The van der Waals surface area contributed by atoms with E-state index >= 15 is 0 Å². The Bertz CT molecular complexity index is 272. The van der Waals surface area contributed by atoms with Gasteiger partial charge in [-0.2, -0.15) is 0 Å². The summed E-state index contributed by atoms with van der Waals surface area (Å²) >= 11 is 0. The highest BCUT2D eigenvalue weighted by Crippen LogP contribution is 1.98. The van der Waals surface area contributed by atoms with Crippen molar-refractivity contribution in [2.45, 2.75) is 0 Å². The molecule has 1 N–H and O–H groups in total. The lowest BCUT2D eigenvalue weighted by atomic mass is 10.5. The predicted molar refractivity (Wildman–Crippen MR) is 40.5 cm³/mol. The SMILES string of the molecule is C=CCOc1ccc(=O)[nH]n1. The molecule has 1 heterocycles. The maximum Gasteiger partial charge on any atom is 0.264 e. The second-order valence-corrected chi connectivity index (χ2v) is 1.86. The number of aromatic amines is 1. The molecule has 0 amide bonds. The number of nitrogens with zero attached hydrogens (tertiary/aromatic N) is 1. The molecule has 0 bridgehead atoms. The minimum atomic E-state index is -0.240. The van der Waals surface area contributed by atoms with E-state index in [1.54, 1.807) is 6.08 Å². The summed E-state index contributed by atoms with van der Waals surface area (Å²) in [4.78, 5) is 10.5. The van der Waals surface area contributed by atoms with Gasteiger partial charge >= 0.3 is 0 Å². The first-order valence-electron chi connectivity index (χ1n) is 3.12. The molecule has 4 nitrogen and oxygen atoms in total. The van der Waals surface area contributed by atoms with Gasteiger partial charge in [0.25, 0.3) is 5.56 Å². The fraction of sp³-hybridized carbons (Fsp3) is 0.143. The molecule has 0 aromatic carbocycles. The van der Waals surface area contributed by atoms with Gasteiger partial charge in [-0.05, 0) is 0 Å². The summed E-state index contributed by atoms with van der Waals surface area (Å²) in [7, 11) is 0. The van der Waals surface area contributed by atoms with Crippen LogP contribution in [0.25, 0.3) is 0 Å². The molecule has 11 heavy (non-hydrogen) atoms. The van der Waals surface area contributed by atoms with E-state index in [2.05, 4.69) is 16.8 Å². The van der Waals surface area contributed by atoms with E-state index in [1.807, 2.05) is 0 Å². The summed E-state index contributed by atoms with van der Waals surface area (Å²) in [6.45, 7) is 3.86. The molecule has 1 aromatic heterocycles. The standard InChI is InChI=1S/C7H8N2O2/c1-2-5-11-7-4-3-6(10)8-9-7/h2-4H,1,5H2,(H,8,10). The van der Waals surface area contributed by atoms with Gasteiger partial charge in [-0.15, -0.1) is 5.10 Å². The molecule has 0 aliphatic carbocycles. The number of hydrogen-bond donors (Lipinski definition) is 1. The number of H-pyrrole nitrogens is 1. The van der Waals surface area contributed by atoms with E-state index in [9.17, 15) is 4.79 Å². The summed E-state index contributed by atoms with van der Waals surface area (Å²) in [5.41, 5.74) is -0.240. The zero-order valence-corrected chi connectivity index (χ0v) is 5.91. The minimum Gasteiger partial charge on any atom is -0.472 e. The van der Waals surface area contributed by atoms with Crippen molar-refractivity contribution in [1.82, 2.24) is 10.2 Å².